The van der Waals surface area contributed by atoms with Crippen molar-refractivity contribution in [2.75, 3.05) is 13.2 Å². The molecule has 0 amide bonds. The summed E-state index contributed by atoms with van der Waals surface area (Å²) in [6.07, 6.45) is 32.3. The van der Waals surface area contributed by atoms with Gasteiger partial charge >= 0.3 is 0 Å². The molecule has 3 heteroatoms. The lowest BCUT2D eigenvalue weighted by atomic mass is 9.44. The van der Waals surface area contributed by atoms with Crippen LogP contribution < -0.4 is 0 Å². The van der Waals surface area contributed by atoms with Crippen LogP contribution in [0.25, 0.3) is 0 Å². The van der Waals surface area contributed by atoms with Crippen molar-refractivity contribution < 1.29 is 14.3 Å². The van der Waals surface area contributed by atoms with E-state index in [1.54, 1.807) is 0 Å². The SMILES string of the molecule is CCCCCCCCCCOC1CC[C@]2(CC1)C[C@@]1(CCC(OCCCCCCCCCC)CC1)C2=O. The number of carbonyl (C=O) groups is 1. The van der Waals surface area contributed by atoms with Gasteiger partial charge in [-0.1, -0.05) is 104 Å². The quantitative estimate of drug-likeness (QED) is 0.150. The third-order valence-corrected chi connectivity index (χ3v) is 10.1. The average molecular weight is 519 g/mol. The standard InChI is InChI=1S/C34H62O3/c1-3-5-7-9-11-13-15-17-27-36-30-19-23-33(24-20-30)29-34(32(33)35)25-21-31(22-26-34)37-28-18-16-14-12-10-8-6-4-2/h30-31H,3-29H2,1-2H3/t30?,31?,33-,34-. The summed E-state index contributed by atoms with van der Waals surface area (Å²) < 4.78 is 12.5. The van der Waals surface area contributed by atoms with Crippen LogP contribution in [0.3, 0.4) is 0 Å². The van der Waals surface area contributed by atoms with E-state index in [4.69, 9.17) is 9.47 Å². The van der Waals surface area contributed by atoms with Crippen molar-refractivity contribution in [3.63, 3.8) is 0 Å². The molecule has 0 radical (unpaired) electrons. The van der Waals surface area contributed by atoms with E-state index in [-0.39, 0.29) is 10.8 Å². The van der Waals surface area contributed by atoms with E-state index in [1.165, 1.54) is 103 Å². The van der Waals surface area contributed by atoms with E-state index < -0.39 is 0 Å². The smallest absolute Gasteiger partial charge is 0.145 e. The van der Waals surface area contributed by atoms with Crippen LogP contribution in [0.15, 0.2) is 0 Å². The van der Waals surface area contributed by atoms with Crippen molar-refractivity contribution in [1.29, 1.82) is 0 Å². The Hall–Kier alpha value is -0.410. The molecule has 2 spiro atoms. The highest BCUT2D eigenvalue weighted by atomic mass is 16.5. The summed E-state index contributed by atoms with van der Waals surface area (Å²) in [4.78, 5) is 13.5. The number of carbonyl (C=O) groups excluding carboxylic acids is 1. The third-order valence-electron chi connectivity index (χ3n) is 10.1. The normalized spacial score (nSPS) is 29.7. The first-order valence-electron chi connectivity index (χ1n) is 16.9. The molecule has 0 aromatic carbocycles. The molecule has 0 bridgehead atoms. The van der Waals surface area contributed by atoms with Gasteiger partial charge in [0.1, 0.15) is 5.78 Å². The van der Waals surface area contributed by atoms with Gasteiger partial charge in [0.25, 0.3) is 0 Å². The molecule has 3 aliphatic rings. The zero-order valence-corrected chi connectivity index (χ0v) is 25.0. The van der Waals surface area contributed by atoms with E-state index in [1.807, 2.05) is 0 Å². The monoisotopic (exact) mass is 518 g/mol. The minimum Gasteiger partial charge on any atom is -0.378 e. The molecule has 3 rings (SSSR count). The van der Waals surface area contributed by atoms with Crippen LogP contribution >= 0.6 is 0 Å². The molecule has 3 saturated carbocycles. The zero-order valence-electron chi connectivity index (χ0n) is 25.0. The molecule has 0 aliphatic heterocycles. The van der Waals surface area contributed by atoms with E-state index in [0.29, 0.717) is 18.0 Å². The first kappa shape index (κ1) is 31.1. The number of ether oxygens (including phenoxy) is 2. The van der Waals surface area contributed by atoms with Crippen molar-refractivity contribution >= 4 is 5.78 Å². The van der Waals surface area contributed by atoms with E-state index in [0.717, 1.165) is 71.0 Å². The van der Waals surface area contributed by atoms with Gasteiger partial charge in [-0.05, 0) is 70.6 Å². The summed E-state index contributed by atoms with van der Waals surface area (Å²) in [5, 5.41) is 0. The highest BCUT2D eigenvalue weighted by molar-refractivity contribution is 5.96. The minimum atomic E-state index is 0.0170. The summed E-state index contributed by atoms with van der Waals surface area (Å²) in [7, 11) is 0. The molecule has 0 saturated heterocycles. The molecule has 0 unspecified atom stereocenters. The lowest BCUT2D eigenvalue weighted by Gasteiger charge is -2.59. The van der Waals surface area contributed by atoms with Crippen LogP contribution in [-0.2, 0) is 14.3 Å². The number of hydrogen-bond donors (Lipinski definition) is 0. The van der Waals surface area contributed by atoms with Crippen molar-refractivity contribution in [1.82, 2.24) is 0 Å². The predicted octanol–water partition coefficient (Wildman–Crippen LogP) is 10.1. The van der Waals surface area contributed by atoms with E-state index in [2.05, 4.69) is 13.8 Å². The van der Waals surface area contributed by atoms with Crippen LogP contribution in [0, 0.1) is 10.8 Å². The number of unbranched alkanes of at least 4 members (excludes halogenated alkanes) is 14. The van der Waals surface area contributed by atoms with Crippen molar-refractivity contribution in [3.05, 3.63) is 0 Å². The van der Waals surface area contributed by atoms with Gasteiger partial charge in [-0.2, -0.15) is 0 Å². The van der Waals surface area contributed by atoms with Gasteiger partial charge in [0, 0.05) is 24.0 Å². The van der Waals surface area contributed by atoms with Crippen LogP contribution in [0.4, 0.5) is 0 Å². The number of Topliss-reactive ketones (excluding diaryl/α,β-unsaturated/α-hetero) is 1. The molecule has 3 fully saturated rings. The Balaban J connectivity index is 1.19. The second-order valence-corrected chi connectivity index (χ2v) is 13.2. The molecule has 3 nitrogen and oxygen atoms in total. The van der Waals surface area contributed by atoms with Gasteiger partial charge in [-0.25, -0.2) is 0 Å². The summed E-state index contributed by atoms with van der Waals surface area (Å²) in [5.41, 5.74) is 0.0341. The predicted molar refractivity (Wildman–Crippen MR) is 156 cm³/mol. The van der Waals surface area contributed by atoms with Gasteiger partial charge in [-0.3, -0.25) is 4.79 Å². The number of ketones is 1. The van der Waals surface area contributed by atoms with Gasteiger partial charge in [0.05, 0.1) is 12.2 Å². The maximum absolute atomic E-state index is 13.5. The van der Waals surface area contributed by atoms with Crippen LogP contribution in [0.2, 0.25) is 0 Å². The Morgan fingerprint density at radius 1 is 0.541 bits per heavy atom. The average Bonchev–Trinajstić information content (AvgIpc) is 2.93. The van der Waals surface area contributed by atoms with E-state index >= 15 is 0 Å². The van der Waals surface area contributed by atoms with Gasteiger partial charge in [-0.15, -0.1) is 0 Å². The lowest BCUT2D eigenvalue weighted by molar-refractivity contribution is -0.173. The van der Waals surface area contributed by atoms with Gasteiger partial charge < -0.3 is 9.47 Å². The summed E-state index contributed by atoms with van der Waals surface area (Å²) in [6.45, 7) is 6.40. The highest BCUT2D eigenvalue weighted by Gasteiger charge is 2.63. The first-order valence-corrected chi connectivity index (χ1v) is 16.9. The largest absolute Gasteiger partial charge is 0.378 e. The maximum atomic E-state index is 13.5. The Morgan fingerprint density at radius 2 is 0.865 bits per heavy atom. The van der Waals surface area contributed by atoms with Crippen LogP contribution in [0.5, 0.6) is 0 Å². The molecule has 0 aromatic rings. The second kappa shape index (κ2) is 17.3. The van der Waals surface area contributed by atoms with Crippen LogP contribution in [-0.4, -0.2) is 31.2 Å². The van der Waals surface area contributed by atoms with Crippen molar-refractivity contribution in [2.24, 2.45) is 10.8 Å². The van der Waals surface area contributed by atoms with Gasteiger partial charge in [0.2, 0.25) is 0 Å². The Labute approximate surface area is 230 Å². The highest BCUT2D eigenvalue weighted by Crippen LogP contribution is 2.63. The second-order valence-electron chi connectivity index (χ2n) is 13.2. The lowest BCUT2D eigenvalue weighted by Crippen LogP contribution is -2.60. The molecule has 0 heterocycles. The summed E-state index contributed by atoms with van der Waals surface area (Å²) in [5.74, 6) is 0.628. The van der Waals surface area contributed by atoms with Crippen molar-refractivity contribution in [2.45, 2.75) is 187 Å². The fourth-order valence-electron chi connectivity index (χ4n) is 7.66. The summed E-state index contributed by atoms with van der Waals surface area (Å²) >= 11 is 0. The van der Waals surface area contributed by atoms with Crippen molar-refractivity contribution in [3.8, 4) is 0 Å². The summed E-state index contributed by atoms with van der Waals surface area (Å²) in [6, 6.07) is 0. The number of hydrogen-bond acceptors (Lipinski definition) is 3. The molecule has 216 valence electrons. The van der Waals surface area contributed by atoms with E-state index in [9.17, 15) is 4.79 Å². The molecular weight excluding hydrogens is 456 g/mol. The van der Waals surface area contributed by atoms with Crippen LogP contribution in [0.1, 0.15) is 174 Å². The topological polar surface area (TPSA) is 35.5 Å². The zero-order chi connectivity index (χ0) is 26.2. The maximum Gasteiger partial charge on any atom is 0.145 e. The Morgan fingerprint density at radius 3 is 1.19 bits per heavy atom. The first-order chi connectivity index (χ1) is 18.1. The molecule has 0 aromatic heterocycles. The minimum absolute atomic E-state index is 0.0170. The Kier molecular flexibility index (Phi) is 14.6. The Bertz CT molecular complexity index is 548. The number of rotatable bonds is 20. The molecule has 3 aliphatic carbocycles. The molecule has 0 N–H and O–H groups in total. The molecule has 37 heavy (non-hydrogen) atoms. The third kappa shape index (κ3) is 9.93. The molecular formula is C34H62O3. The fourth-order valence-corrected chi connectivity index (χ4v) is 7.66. The fraction of sp³-hybridized carbons (Fsp3) is 0.971. The molecule has 0 atom stereocenters. The van der Waals surface area contributed by atoms with Gasteiger partial charge in [0.15, 0.2) is 0 Å².